The Kier molecular flexibility index (Phi) is 7.58. The third-order valence-electron chi connectivity index (χ3n) is 6.84. The first-order valence-electron chi connectivity index (χ1n) is 12.0. The van der Waals surface area contributed by atoms with Crippen molar-refractivity contribution in [2.45, 2.75) is 38.1 Å². The van der Waals surface area contributed by atoms with Gasteiger partial charge in [0.2, 0.25) is 5.91 Å². The first kappa shape index (κ1) is 24.6. The van der Waals surface area contributed by atoms with Crippen LogP contribution in [0.2, 0.25) is 0 Å². The van der Waals surface area contributed by atoms with Crippen molar-refractivity contribution in [3.8, 4) is 17.2 Å². The summed E-state index contributed by atoms with van der Waals surface area (Å²) >= 11 is 0. The molecule has 8 heteroatoms. The van der Waals surface area contributed by atoms with Crippen LogP contribution in [0.1, 0.15) is 49.3 Å². The first-order chi connectivity index (χ1) is 16.9. The van der Waals surface area contributed by atoms with E-state index in [4.69, 9.17) is 19.3 Å². The highest BCUT2D eigenvalue weighted by molar-refractivity contribution is 6.05. The summed E-state index contributed by atoms with van der Waals surface area (Å²) in [7, 11) is 6.52. The maximum Gasteiger partial charge on any atom is 0.262 e. The first-order valence-corrected chi connectivity index (χ1v) is 12.0. The van der Waals surface area contributed by atoms with Crippen molar-refractivity contribution in [2.75, 3.05) is 34.9 Å². The summed E-state index contributed by atoms with van der Waals surface area (Å²) in [4.78, 5) is 27.8. The second kappa shape index (κ2) is 10.8. The van der Waals surface area contributed by atoms with E-state index in [0.717, 1.165) is 48.3 Å². The molecule has 1 saturated carbocycles. The Balaban J connectivity index is 1.62. The number of carbonyl (C=O) groups excluding carboxylic acids is 2. The number of hydrazone groups is 1. The van der Waals surface area contributed by atoms with Gasteiger partial charge in [0.05, 0.1) is 33.1 Å². The van der Waals surface area contributed by atoms with Gasteiger partial charge in [0.25, 0.3) is 5.91 Å². The zero-order valence-corrected chi connectivity index (χ0v) is 20.8. The number of ether oxygens (including phenoxy) is 3. The molecule has 2 aromatic rings. The van der Waals surface area contributed by atoms with Crippen LogP contribution in [-0.4, -0.2) is 62.4 Å². The summed E-state index contributed by atoms with van der Waals surface area (Å²) in [5.41, 5.74) is 2.48. The standard InChI is InChI=1S/C27H33N3O5/c1-29(27(32)19-7-5-6-8-19)17-26(31)30-24(18-9-11-20(33-2)12-10-18)16-23(28-30)22-14-13-21(34-3)15-25(22)35-4/h9-15,19,24H,5-8,16-17H2,1-4H3. The van der Waals surface area contributed by atoms with Gasteiger partial charge in [0.1, 0.15) is 23.8 Å². The van der Waals surface area contributed by atoms with E-state index in [1.54, 1.807) is 39.3 Å². The van der Waals surface area contributed by atoms with Crippen LogP contribution in [0.4, 0.5) is 0 Å². The van der Waals surface area contributed by atoms with Gasteiger partial charge in [-0.2, -0.15) is 5.10 Å². The van der Waals surface area contributed by atoms with Crippen molar-refractivity contribution < 1.29 is 23.8 Å². The molecule has 0 bridgehead atoms. The van der Waals surface area contributed by atoms with Gasteiger partial charge in [-0.15, -0.1) is 0 Å². The van der Waals surface area contributed by atoms with Crippen LogP contribution in [0.25, 0.3) is 0 Å². The highest BCUT2D eigenvalue weighted by Crippen LogP contribution is 2.37. The van der Waals surface area contributed by atoms with Crippen molar-refractivity contribution in [3.63, 3.8) is 0 Å². The molecule has 0 saturated heterocycles. The van der Waals surface area contributed by atoms with Gasteiger partial charge in [-0.25, -0.2) is 5.01 Å². The van der Waals surface area contributed by atoms with E-state index >= 15 is 0 Å². The van der Waals surface area contributed by atoms with Crippen LogP contribution >= 0.6 is 0 Å². The molecule has 8 nitrogen and oxygen atoms in total. The topological polar surface area (TPSA) is 80.7 Å². The van der Waals surface area contributed by atoms with Gasteiger partial charge < -0.3 is 19.1 Å². The molecule has 1 heterocycles. The fourth-order valence-electron chi connectivity index (χ4n) is 4.86. The Labute approximate surface area is 206 Å². The number of hydrogen-bond donors (Lipinski definition) is 0. The van der Waals surface area contributed by atoms with Crippen molar-refractivity contribution in [1.29, 1.82) is 0 Å². The lowest BCUT2D eigenvalue weighted by Crippen LogP contribution is -2.41. The summed E-state index contributed by atoms with van der Waals surface area (Å²) in [6.07, 6.45) is 4.45. The molecular weight excluding hydrogens is 446 g/mol. The fraction of sp³-hybridized carbons (Fsp3) is 0.444. The lowest BCUT2D eigenvalue weighted by atomic mass is 9.97. The van der Waals surface area contributed by atoms with E-state index in [2.05, 4.69) is 0 Å². The van der Waals surface area contributed by atoms with Gasteiger partial charge in [-0.1, -0.05) is 25.0 Å². The number of rotatable bonds is 8. The van der Waals surface area contributed by atoms with Gasteiger partial charge >= 0.3 is 0 Å². The predicted molar refractivity (Wildman–Crippen MR) is 133 cm³/mol. The van der Waals surface area contributed by atoms with Gasteiger partial charge in [-0.05, 0) is 42.7 Å². The molecule has 186 valence electrons. The minimum atomic E-state index is -0.301. The number of methoxy groups -OCH3 is 3. The summed E-state index contributed by atoms with van der Waals surface area (Å²) in [6, 6.07) is 12.9. The van der Waals surface area contributed by atoms with Crippen LogP contribution in [0, 0.1) is 5.92 Å². The predicted octanol–water partition coefficient (Wildman–Crippen LogP) is 4.04. The number of benzene rings is 2. The Morgan fingerprint density at radius 3 is 2.26 bits per heavy atom. The van der Waals surface area contributed by atoms with Crippen molar-refractivity contribution in [1.82, 2.24) is 9.91 Å². The van der Waals surface area contributed by atoms with Crippen LogP contribution in [0.3, 0.4) is 0 Å². The molecule has 0 aromatic heterocycles. The highest BCUT2D eigenvalue weighted by atomic mass is 16.5. The number of nitrogens with zero attached hydrogens (tertiary/aromatic N) is 3. The molecule has 1 atom stereocenters. The van der Waals surface area contributed by atoms with Crippen LogP contribution in [0.5, 0.6) is 17.2 Å². The summed E-state index contributed by atoms with van der Waals surface area (Å²) in [5.74, 6) is 1.88. The Hall–Kier alpha value is -3.55. The van der Waals surface area contributed by atoms with E-state index in [0.29, 0.717) is 17.9 Å². The normalized spacial score (nSPS) is 17.8. The van der Waals surface area contributed by atoms with E-state index in [1.807, 2.05) is 36.4 Å². The summed E-state index contributed by atoms with van der Waals surface area (Å²) in [6.45, 7) is -0.0154. The maximum absolute atomic E-state index is 13.5. The van der Waals surface area contributed by atoms with Crippen molar-refractivity contribution >= 4 is 17.5 Å². The quantitative estimate of drug-likeness (QED) is 0.571. The average Bonchev–Trinajstić information content (AvgIpc) is 3.58. The fourth-order valence-corrected chi connectivity index (χ4v) is 4.86. The molecule has 1 aliphatic heterocycles. The second-order valence-corrected chi connectivity index (χ2v) is 9.02. The zero-order chi connectivity index (χ0) is 24.9. The smallest absolute Gasteiger partial charge is 0.262 e. The van der Waals surface area contributed by atoms with E-state index in [-0.39, 0.29) is 30.3 Å². The maximum atomic E-state index is 13.5. The Bertz CT molecular complexity index is 1090. The summed E-state index contributed by atoms with van der Waals surface area (Å²) < 4.78 is 16.2. The molecule has 0 spiro atoms. The minimum Gasteiger partial charge on any atom is -0.497 e. The SMILES string of the molecule is COc1ccc(C2CC(c3ccc(OC)cc3OC)=NN2C(=O)CN(C)C(=O)C2CCCC2)cc1. The van der Waals surface area contributed by atoms with Crippen molar-refractivity contribution in [2.24, 2.45) is 11.0 Å². The Morgan fingerprint density at radius 1 is 0.971 bits per heavy atom. The average molecular weight is 480 g/mol. The van der Waals surface area contributed by atoms with Gasteiger partial charge in [0, 0.05) is 31.0 Å². The number of amides is 2. The van der Waals surface area contributed by atoms with E-state index in [1.165, 1.54) is 5.01 Å². The largest absolute Gasteiger partial charge is 0.497 e. The van der Waals surface area contributed by atoms with E-state index < -0.39 is 0 Å². The molecule has 1 fully saturated rings. The van der Waals surface area contributed by atoms with Gasteiger partial charge in [-0.3, -0.25) is 9.59 Å². The zero-order valence-electron chi connectivity index (χ0n) is 20.8. The third-order valence-corrected chi connectivity index (χ3v) is 6.84. The molecule has 4 rings (SSSR count). The summed E-state index contributed by atoms with van der Waals surface area (Å²) in [5, 5.41) is 6.26. The molecule has 2 aliphatic rings. The van der Waals surface area contributed by atoms with Crippen LogP contribution in [-0.2, 0) is 9.59 Å². The minimum absolute atomic E-state index is 0.0154. The molecule has 1 unspecified atom stereocenters. The van der Waals surface area contributed by atoms with Crippen molar-refractivity contribution in [3.05, 3.63) is 53.6 Å². The third kappa shape index (κ3) is 5.26. The lowest BCUT2D eigenvalue weighted by molar-refractivity contribution is -0.142. The number of likely N-dealkylation sites (N-methyl/N-ethyl adjacent to an activating group) is 1. The van der Waals surface area contributed by atoms with Gasteiger partial charge in [0.15, 0.2) is 0 Å². The molecule has 35 heavy (non-hydrogen) atoms. The second-order valence-electron chi connectivity index (χ2n) is 9.02. The molecule has 0 radical (unpaired) electrons. The molecule has 0 N–H and O–H groups in total. The highest BCUT2D eigenvalue weighted by Gasteiger charge is 2.35. The van der Waals surface area contributed by atoms with Crippen LogP contribution in [0.15, 0.2) is 47.6 Å². The molecule has 2 amide bonds. The van der Waals surface area contributed by atoms with Crippen LogP contribution < -0.4 is 14.2 Å². The molecule has 1 aliphatic carbocycles. The lowest BCUT2D eigenvalue weighted by Gasteiger charge is -2.26. The molecule has 2 aromatic carbocycles. The van der Waals surface area contributed by atoms with E-state index in [9.17, 15) is 9.59 Å². The monoisotopic (exact) mass is 479 g/mol. The molecular formula is C27H33N3O5. The Morgan fingerprint density at radius 2 is 1.63 bits per heavy atom. The number of hydrogen-bond acceptors (Lipinski definition) is 6. The number of carbonyl (C=O) groups is 2.